The first-order chi connectivity index (χ1) is 15.2. The number of hydrogen-bond acceptors (Lipinski definition) is 6. The molecule has 2 saturated heterocycles. The molecule has 2 fully saturated rings. The molecule has 7 nitrogen and oxygen atoms in total. The van der Waals surface area contributed by atoms with Crippen molar-refractivity contribution in [3.05, 3.63) is 59.3 Å². The van der Waals surface area contributed by atoms with Crippen LogP contribution in [-0.2, 0) is 17.8 Å². The topological polar surface area (TPSA) is 60.9 Å². The number of carbonyl (C=O) groups excluding carboxylic acids is 1. The molecule has 0 bridgehead atoms. The molecule has 4 rings (SSSR count). The van der Waals surface area contributed by atoms with Gasteiger partial charge >= 0.3 is 0 Å². The minimum Gasteiger partial charge on any atom is -0.379 e. The molecule has 0 spiro atoms. The Morgan fingerprint density at radius 3 is 2.52 bits per heavy atom. The van der Waals surface area contributed by atoms with Crippen molar-refractivity contribution in [2.45, 2.75) is 20.0 Å². The van der Waals surface area contributed by atoms with Crippen molar-refractivity contribution < 1.29 is 9.53 Å². The van der Waals surface area contributed by atoms with Crippen LogP contribution in [0.3, 0.4) is 0 Å². The highest BCUT2D eigenvalue weighted by Gasteiger charge is 2.17. The summed E-state index contributed by atoms with van der Waals surface area (Å²) in [6.45, 7) is 12.3. The van der Waals surface area contributed by atoms with E-state index in [1.54, 1.807) is 0 Å². The SMILES string of the molecule is CCN1CCN(c2ccc(CNC(=O)c3cccc(CN4CCOCC4)c3)cn2)CC1. The minimum absolute atomic E-state index is 0.0522. The molecule has 0 radical (unpaired) electrons. The van der Waals surface area contributed by atoms with Crippen molar-refractivity contribution in [1.82, 2.24) is 20.1 Å². The third kappa shape index (κ3) is 6.03. The van der Waals surface area contributed by atoms with Gasteiger partial charge in [-0.3, -0.25) is 9.69 Å². The molecule has 3 heterocycles. The van der Waals surface area contributed by atoms with E-state index < -0.39 is 0 Å². The zero-order valence-electron chi connectivity index (χ0n) is 18.4. The first-order valence-electron chi connectivity index (χ1n) is 11.3. The first-order valence-corrected chi connectivity index (χ1v) is 11.3. The maximum atomic E-state index is 12.7. The van der Waals surface area contributed by atoms with E-state index in [0.717, 1.165) is 82.5 Å². The Morgan fingerprint density at radius 2 is 1.81 bits per heavy atom. The highest BCUT2D eigenvalue weighted by atomic mass is 16.5. The molecule has 31 heavy (non-hydrogen) atoms. The molecule has 0 aliphatic carbocycles. The standard InChI is InChI=1S/C24H33N5O2/c1-2-27-8-10-29(11-9-27)23-7-6-21(17-25-23)18-26-24(30)22-5-3-4-20(16-22)19-28-12-14-31-15-13-28/h3-7,16-17H,2,8-15,18-19H2,1H3,(H,26,30). The van der Waals surface area contributed by atoms with Gasteiger partial charge in [0, 0.05) is 64.1 Å². The Balaban J connectivity index is 1.28. The highest BCUT2D eigenvalue weighted by molar-refractivity contribution is 5.94. The minimum atomic E-state index is -0.0522. The fraction of sp³-hybridized carbons (Fsp3) is 0.500. The van der Waals surface area contributed by atoms with Crippen LogP contribution < -0.4 is 10.2 Å². The Hall–Kier alpha value is -2.48. The third-order valence-electron chi connectivity index (χ3n) is 6.10. The monoisotopic (exact) mass is 423 g/mol. The summed E-state index contributed by atoms with van der Waals surface area (Å²) in [7, 11) is 0. The molecule has 0 saturated carbocycles. The Kier molecular flexibility index (Phi) is 7.51. The largest absolute Gasteiger partial charge is 0.379 e. The van der Waals surface area contributed by atoms with Crippen molar-refractivity contribution in [1.29, 1.82) is 0 Å². The number of nitrogens with one attached hydrogen (secondary N) is 1. The molecule has 0 unspecified atom stereocenters. The van der Waals surface area contributed by atoms with Gasteiger partial charge in [-0.15, -0.1) is 0 Å². The number of aromatic nitrogens is 1. The number of carbonyl (C=O) groups is 1. The summed E-state index contributed by atoms with van der Waals surface area (Å²) < 4.78 is 5.41. The lowest BCUT2D eigenvalue weighted by Crippen LogP contribution is -2.46. The predicted molar refractivity (Wildman–Crippen MR) is 122 cm³/mol. The van der Waals surface area contributed by atoms with Crippen LogP contribution in [-0.4, -0.2) is 79.7 Å². The number of likely N-dealkylation sites (N-methyl/N-ethyl adjacent to an activating group) is 1. The van der Waals surface area contributed by atoms with Gasteiger partial charge in [-0.05, 0) is 35.9 Å². The maximum absolute atomic E-state index is 12.7. The average Bonchev–Trinajstić information content (AvgIpc) is 2.84. The zero-order valence-corrected chi connectivity index (χ0v) is 18.4. The zero-order chi connectivity index (χ0) is 21.5. The number of benzene rings is 1. The Bertz CT molecular complexity index is 843. The number of nitrogens with zero attached hydrogens (tertiary/aromatic N) is 4. The van der Waals surface area contributed by atoms with E-state index in [4.69, 9.17) is 4.74 Å². The second kappa shape index (κ2) is 10.7. The fourth-order valence-electron chi connectivity index (χ4n) is 4.11. The Morgan fingerprint density at radius 1 is 1.00 bits per heavy atom. The van der Waals surface area contributed by atoms with E-state index in [1.807, 2.05) is 24.4 Å². The molecule has 2 aromatic rings. The van der Waals surface area contributed by atoms with Crippen LogP contribution in [0, 0.1) is 0 Å². The van der Waals surface area contributed by atoms with Gasteiger partial charge in [0.25, 0.3) is 5.91 Å². The number of anilines is 1. The lowest BCUT2D eigenvalue weighted by molar-refractivity contribution is 0.0342. The van der Waals surface area contributed by atoms with Crippen molar-refractivity contribution >= 4 is 11.7 Å². The van der Waals surface area contributed by atoms with Crippen molar-refractivity contribution in [2.24, 2.45) is 0 Å². The first kappa shape index (κ1) is 21.7. The molecule has 1 aromatic carbocycles. The number of pyridine rings is 1. The summed E-state index contributed by atoms with van der Waals surface area (Å²) in [5.74, 6) is 0.963. The number of hydrogen-bond donors (Lipinski definition) is 1. The lowest BCUT2D eigenvalue weighted by atomic mass is 10.1. The van der Waals surface area contributed by atoms with Crippen LogP contribution in [0.15, 0.2) is 42.6 Å². The number of morpholine rings is 1. The summed E-state index contributed by atoms with van der Waals surface area (Å²) in [6.07, 6.45) is 1.87. The second-order valence-corrected chi connectivity index (χ2v) is 8.22. The van der Waals surface area contributed by atoms with Crippen LogP contribution in [0.2, 0.25) is 0 Å². The van der Waals surface area contributed by atoms with Crippen LogP contribution in [0.4, 0.5) is 5.82 Å². The maximum Gasteiger partial charge on any atom is 0.251 e. The highest BCUT2D eigenvalue weighted by Crippen LogP contribution is 2.14. The van der Waals surface area contributed by atoms with Gasteiger partial charge in [0.2, 0.25) is 0 Å². The van der Waals surface area contributed by atoms with Gasteiger partial charge in [-0.25, -0.2) is 4.98 Å². The smallest absolute Gasteiger partial charge is 0.251 e. The Labute approximate surface area is 185 Å². The van der Waals surface area contributed by atoms with E-state index in [1.165, 1.54) is 0 Å². The predicted octanol–water partition coefficient (Wildman–Crippen LogP) is 1.99. The van der Waals surface area contributed by atoms with Crippen molar-refractivity contribution in [3.8, 4) is 0 Å². The molecule has 166 valence electrons. The number of ether oxygens (including phenoxy) is 1. The molecular formula is C24H33N5O2. The van der Waals surface area contributed by atoms with Crippen LogP contribution >= 0.6 is 0 Å². The van der Waals surface area contributed by atoms with E-state index >= 15 is 0 Å². The van der Waals surface area contributed by atoms with Crippen LogP contribution in [0.1, 0.15) is 28.4 Å². The molecular weight excluding hydrogens is 390 g/mol. The number of rotatable bonds is 7. The van der Waals surface area contributed by atoms with E-state index in [0.29, 0.717) is 12.1 Å². The number of piperazine rings is 1. The van der Waals surface area contributed by atoms with E-state index in [2.05, 4.69) is 50.1 Å². The number of amides is 1. The summed E-state index contributed by atoms with van der Waals surface area (Å²) in [5.41, 5.74) is 2.86. The normalized spacial score (nSPS) is 18.2. The quantitative estimate of drug-likeness (QED) is 0.735. The molecule has 1 amide bonds. The second-order valence-electron chi connectivity index (χ2n) is 8.22. The summed E-state index contributed by atoms with van der Waals surface area (Å²) in [5, 5.41) is 3.03. The van der Waals surface area contributed by atoms with E-state index in [-0.39, 0.29) is 5.91 Å². The van der Waals surface area contributed by atoms with Crippen molar-refractivity contribution in [2.75, 3.05) is 63.9 Å². The molecule has 1 aromatic heterocycles. The van der Waals surface area contributed by atoms with E-state index in [9.17, 15) is 4.79 Å². The van der Waals surface area contributed by atoms with Gasteiger partial charge in [0.05, 0.1) is 13.2 Å². The van der Waals surface area contributed by atoms with Crippen LogP contribution in [0.5, 0.6) is 0 Å². The van der Waals surface area contributed by atoms with Crippen molar-refractivity contribution in [3.63, 3.8) is 0 Å². The van der Waals surface area contributed by atoms with Crippen LogP contribution in [0.25, 0.3) is 0 Å². The fourth-order valence-corrected chi connectivity index (χ4v) is 4.11. The summed E-state index contributed by atoms with van der Waals surface area (Å²) in [4.78, 5) is 24.4. The van der Waals surface area contributed by atoms with Gasteiger partial charge in [0.1, 0.15) is 5.82 Å². The van der Waals surface area contributed by atoms with Gasteiger partial charge in [-0.1, -0.05) is 25.1 Å². The third-order valence-corrected chi connectivity index (χ3v) is 6.10. The summed E-state index contributed by atoms with van der Waals surface area (Å²) >= 11 is 0. The molecule has 0 atom stereocenters. The van der Waals surface area contributed by atoms with Gasteiger partial charge in [-0.2, -0.15) is 0 Å². The summed E-state index contributed by atoms with van der Waals surface area (Å²) in [6, 6.07) is 12.0. The molecule has 2 aliphatic heterocycles. The van der Waals surface area contributed by atoms with Gasteiger partial charge in [0.15, 0.2) is 0 Å². The van der Waals surface area contributed by atoms with Gasteiger partial charge < -0.3 is 19.9 Å². The molecule has 1 N–H and O–H groups in total. The lowest BCUT2D eigenvalue weighted by Gasteiger charge is -2.34. The molecule has 7 heteroatoms. The average molecular weight is 424 g/mol. The molecule has 2 aliphatic rings.